The first-order valence-electron chi connectivity index (χ1n) is 10.1. The number of rotatable bonds is 9. The number of esters is 1. The Bertz CT molecular complexity index is 1120. The van der Waals surface area contributed by atoms with Crippen molar-refractivity contribution in [3.63, 3.8) is 0 Å². The van der Waals surface area contributed by atoms with Crippen molar-refractivity contribution in [2.24, 2.45) is 0 Å². The largest absolute Gasteiger partial charge is 0.469 e. The maximum atomic E-state index is 12.3. The Hall–Kier alpha value is -2.84. The van der Waals surface area contributed by atoms with Gasteiger partial charge in [0.1, 0.15) is 0 Å². The molecule has 168 valence electrons. The Morgan fingerprint density at radius 3 is 2.69 bits per heavy atom. The second-order valence-electron chi connectivity index (χ2n) is 7.23. The van der Waals surface area contributed by atoms with Gasteiger partial charge in [-0.15, -0.1) is 10.2 Å². The molecule has 0 bridgehead atoms. The van der Waals surface area contributed by atoms with E-state index in [0.29, 0.717) is 29.0 Å². The Balaban J connectivity index is 1.82. The minimum absolute atomic E-state index is 0.144. The summed E-state index contributed by atoms with van der Waals surface area (Å²) >= 11 is 7.74. The van der Waals surface area contributed by atoms with E-state index < -0.39 is 0 Å². The van der Waals surface area contributed by atoms with Crippen molar-refractivity contribution < 1.29 is 14.3 Å². The van der Waals surface area contributed by atoms with E-state index in [1.54, 1.807) is 0 Å². The number of hydrogen-bond acceptors (Lipinski definition) is 6. The summed E-state index contributed by atoms with van der Waals surface area (Å²) in [4.78, 5) is 23.5. The fourth-order valence-corrected chi connectivity index (χ4v) is 4.10. The van der Waals surface area contributed by atoms with Gasteiger partial charge in [0.2, 0.25) is 5.91 Å². The van der Waals surface area contributed by atoms with Gasteiger partial charge in [0.25, 0.3) is 0 Å². The van der Waals surface area contributed by atoms with Crippen molar-refractivity contribution in [1.29, 1.82) is 0 Å². The van der Waals surface area contributed by atoms with Crippen LogP contribution in [-0.2, 0) is 14.3 Å². The standard InChI is InChI=1S/C23H25ClN4O3S/c1-15-10-11-16(2)19(13-15)28-22(17-7-4-5-8-18(17)24)26-27-23(28)32-14-20(29)25-12-6-9-21(30)31-3/h4-5,7-8,10-11,13H,6,9,12,14H2,1-3H3,(H,25,29). The maximum absolute atomic E-state index is 12.3. The zero-order chi connectivity index (χ0) is 23.1. The molecule has 1 aromatic heterocycles. The number of halogens is 1. The monoisotopic (exact) mass is 472 g/mol. The number of aryl methyl sites for hydroxylation is 2. The van der Waals surface area contributed by atoms with Crippen LogP contribution in [0.3, 0.4) is 0 Å². The molecule has 0 fully saturated rings. The van der Waals surface area contributed by atoms with E-state index in [2.05, 4.69) is 26.3 Å². The lowest BCUT2D eigenvalue weighted by molar-refractivity contribution is -0.140. The molecular weight excluding hydrogens is 448 g/mol. The molecule has 3 aromatic rings. The summed E-state index contributed by atoms with van der Waals surface area (Å²) in [5, 5.41) is 12.7. The highest BCUT2D eigenvalue weighted by molar-refractivity contribution is 7.99. The van der Waals surface area contributed by atoms with Crippen LogP contribution in [0.4, 0.5) is 0 Å². The lowest BCUT2D eigenvalue weighted by atomic mass is 10.1. The van der Waals surface area contributed by atoms with Gasteiger partial charge in [-0.1, -0.05) is 47.6 Å². The van der Waals surface area contributed by atoms with Crippen LogP contribution in [0.2, 0.25) is 5.02 Å². The number of hydrogen-bond donors (Lipinski definition) is 1. The molecule has 0 atom stereocenters. The predicted octanol–water partition coefficient (Wildman–Crippen LogP) is 4.37. The second-order valence-corrected chi connectivity index (χ2v) is 8.58. The molecule has 1 amide bonds. The van der Waals surface area contributed by atoms with E-state index in [-0.39, 0.29) is 24.1 Å². The van der Waals surface area contributed by atoms with Gasteiger partial charge >= 0.3 is 5.97 Å². The van der Waals surface area contributed by atoms with Crippen molar-refractivity contribution in [2.45, 2.75) is 31.8 Å². The van der Waals surface area contributed by atoms with E-state index in [1.165, 1.54) is 18.9 Å². The van der Waals surface area contributed by atoms with Gasteiger partial charge in [-0.05, 0) is 49.6 Å². The average Bonchev–Trinajstić information content (AvgIpc) is 3.20. The highest BCUT2D eigenvalue weighted by atomic mass is 35.5. The molecule has 32 heavy (non-hydrogen) atoms. The Kier molecular flexibility index (Phi) is 8.30. The summed E-state index contributed by atoms with van der Waals surface area (Å²) in [5.41, 5.74) is 3.86. The fraction of sp³-hybridized carbons (Fsp3) is 0.304. The number of methoxy groups -OCH3 is 1. The summed E-state index contributed by atoms with van der Waals surface area (Å²) < 4.78 is 6.54. The minimum atomic E-state index is -0.289. The molecule has 0 aliphatic heterocycles. The third kappa shape index (κ3) is 5.89. The van der Waals surface area contributed by atoms with Crippen molar-refractivity contribution in [3.05, 3.63) is 58.6 Å². The van der Waals surface area contributed by atoms with Crippen molar-refractivity contribution >= 4 is 35.2 Å². The fourth-order valence-electron chi connectivity index (χ4n) is 3.10. The number of nitrogens with one attached hydrogen (secondary N) is 1. The number of ether oxygens (including phenoxy) is 1. The van der Waals surface area contributed by atoms with E-state index in [0.717, 1.165) is 22.4 Å². The third-order valence-electron chi connectivity index (χ3n) is 4.79. The molecule has 7 nitrogen and oxygen atoms in total. The van der Waals surface area contributed by atoms with E-state index in [4.69, 9.17) is 11.6 Å². The number of amides is 1. The van der Waals surface area contributed by atoms with Crippen LogP contribution in [0.15, 0.2) is 47.6 Å². The van der Waals surface area contributed by atoms with Crippen molar-refractivity contribution in [3.8, 4) is 17.1 Å². The molecule has 0 aliphatic carbocycles. The molecule has 2 aromatic carbocycles. The van der Waals surface area contributed by atoms with Gasteiger partial charge in [-0.25, -0.2) is 0 Å². The Labute approximate surface area is 196 Å². The van der Waals surface area contributed by atoms with Gasteiger partial charge in [-0.3, -0.25) is 14.2 Å². The minimum Gasteiger partial charge on any atom is -0.469 e. The number of benzene rings is 2. The van der Waals surface area contributed by atoms with Gasteiger partial charge in [0.05, 0.1) is 23.6 Å². The summed E-state index contributed by atoms with van der Waals surface area (Å²) in [6, 6.07) is 13.6. The Morgan fingerprint density at radius 2 is 1.94 bits per heavy atom. The molecule has 0 unspecified atom stereocenters. The van der Waals surface area contributed by atoms with Crippen molar-refractivity contribution in [1.82, 2.24) is 20.1 Å². The number of aromatic nitrogens is 3. The molecule has 3 rings (SSSR count). The molecule has 0 aliphatic rings. The third-order valence-corrected chi connectivity index (χ3v) is 6.05. The van der Waals surface area contributed by atoms with Crippen LogP contribution in [-0.4, -0.2) is 46.0 Å². The van der Waals surface area contributed by atoms with Gasteiger partial charge in [0.15, 0.2) is 11.0 Å². The molecular formula is C23H25ClN4O3S. The predicted molar refractivity (Wildman–Crippen MR) is 126 cm³/mol. The number of carbonyl (C=O) groups excluding carboxylic acids is 2. The quantitative estimate of drug-likeness (QED) is 0.283. The van der Waals surface area contributed by atoms with Gasteiger partial charge < -0.3 is 10.1 Å². The second kappa shape index (κ2) is 11.2. The molecule has 9 heteroatoms. The van der Waals surface area contributed by atoms with E-state index >= 15 is 0 Å². The van der Waals surface area contributed by atoms with Crippen LogP contribution >= 0.6 is 23.4 Å². The molecule has 1 N–H and O–H groups in total. The average molecular weight is 473 g/mol. The molecule has 1 heterocycles. The first-order valence-corrected chi connectivity index (χ1v) is 11.5. The summed E-state index contributed by atoms with van der Waals surface area (Å²) in [5.74, 6) is 0.353. The summed E-state index contributed by atoms with van der Waals surface area (Å²) in [7, 11) is 1.35. The van der Waals surface area contributed by atoms with Crippen LogP contribution in [0.25, 0.3) is 17.1 Å². The van der Waals surface area contributed by atoms with Crippen LogP contribution in [0.5, 0.6) is 0 Å². The smallest absolute Gasteiger partial charge is 0.305 e. The Morgan fingerprint density at radius 1 is 1.16 bits per heavy atom. The number of thioether (sulfide) groups is 1. The van der Waals surface area contributed by atoms with Crippen LogP contribution in [0.1, 0.15) is 24.0 Å². The SMILES string of the molecule is COC(=O)CCCNC(=O)CSc1nnc(-c2ccccc2Cl)n1-c1cc(C)ccc1C. The maximum Gasteiger partial charge on any atom is 0.305 e. The van der Waals surface area contributed by atoms with Crippen molar-refractivity contribution in [2.75, 3.05) is 19.4 Å². The highest BCUT2D eigenvalue weighted by Crippen LogP contribution is 2.33. The zero-order valence-corrected chi connectivity index (χ0v) is 19.8. The first-order chi connectivity index (χ1) is 15.4. The van der Waals surface area contributed by atoms with E-state index in [1.807, 2.05) is 54.8 Å². The lowest BCUT2D eigenvalue weighted by Crippen LogP contribution is -2.26. The number of carbonyl (C=O) groups is 2. The number of nitrogens with zero attached hydrogens (tertiary/aromatic N) is 3. The van der Waals surface area contributed by atoms with Gasteiger partial charge in [-0.2, -0.15) is 0 Å². The normalized spacial score (nSPS) is 10.8. The van der Waals surface area contributed by atoms with E-state index in [9.17, 15) is 9.59 Å². The van der Waals surface area contributed by atoms with Crippen LogP contribution < -0.4 is 5.32 Å². The zero-order valence-electron chi connectivity index (χ0n) is 18.2. The topological polar surface area (TPSA) is 86.1 Å². The molecule has 0 radical (unpaired) electrons. The summed E-state index contributed by atoms with van der Waals surface area (Å²) in [6.07, 6.45) is 0.796. The summed E-state index contributed by atoms with van der Waals surface area (Å²) in [6.45, 7) is 4.45. The molecule has 0 spiro atoms. The van der Waals surface area contributed by atoms with Crippen LogP contribution in [0, 0.1) is 13.8 Å². The molecule has 0 saturated carbocycles. The lowest BCUT2D eigenvalue weighted by Gasteiger charge is -2.14. The van der Waals surface area contributed by atoms with Gasteiger partial charge in [0, 0.05) is 18.5 Å². The molecule has 0 saturated heterocycles. The first kappa shape index (κ1) is 23.8. The highest BCUT2D eigenvalue weighted by Gasteiger charge is 2.20.